The van der Waals surface area contributed by atoms with Gasteiger partial charge in [-0.1, -0.05) is 60.7 Å². The molecule has 31 heavy (non-hydrogen) atoms. The molecule has 0 amide bonds. The topological polar surface area (TPSA) is 52.3 Å². The first-order chi connectivity index (χ1) is 15.3. The average Bonchev–Trinajstić information content (AvgIpc) is 2.82. The molecule has 2 aromatic heterocycles. The number of para-hydroxylation sites is 1. The third-order valence-electron chi connectivity index (χ3n) is 5.04. The maximum atomic E-state index is 12.6. The fourth-order valence-corrected chi connectivity index (χ4v) is 3.47. The minimum Gasteiger partial charge on any atom is -0.489 e. The Kier molecular flexibility index (Phi) is 5.03. The second-order valence-corrected chi connectivity index (χ2v) is 7.16. The first-order valence-corrected chi connectivity index (χ1v) is 10.0. The highest BCUT2D eigenvalue weighted by atomic mass is 16.5. The van der Waals surface area contributed by atoms with Crippen LogP contribution in [0.3, 0.4) is 0 Å². The fourth-order valence-electron chi connectivity index (χ4n) is 3.47. The maximum absolute atomic E-state index is 12.6. The van der Waals surface area contributed by atoms with Crippen molar-refractivity contribution >= 4 is 27.9 Å². The second kappa shape index (κ2) is 8.28. The molecular formula is C27H19NO3. The Morgan fingerprint density at radius 2 is 1.65 bits per heavy atom. The summed E-state index contributed by atoms with van der Waals surface area (Å²) < 4.78 is 11.4. The smallest absolute Gasteiger partial charge is 0.345 e. The van der Waals surface area contributed by atoms with E-state index in [1.54, 1.807) is 6.07 Å². The van der Waals surface area contributed by atoms with Crippen molar-refractivity contribution in [3.05, 3.63) is 113 Å². The van der Waals surface area contributed by atoms with E-state index in [0.717, 1.165) is 21.9 Å². The Labute approximate surface area is 179 Å². The minimum atomic E-state index is -0.420. The summed E-state index contributed by atoms with van der Waals surface area (Å²) in [6, 6.07) is 29.0. The highest BCUT2D eigenvalue weighted by Crippen LogP contribution is 2.25. The molecule has 5 aromatic rings. The number of pyridine rings is 1. The van der Waals surface area contributed by atoms with Gasteiger partial charge in [0.05, 0.1) is 16.8 Å². The molecule has 0 saturated carbocycles. The quantitative estimate of drug-likeness (QED) is 0.332. The molecule has 4 heteroatoms. The van der Waals surface area contributed by atoms with Crippen LogP contribution in [0.4, 0.5) is 0 Å². The normalized spacial score (nSPS) is 11.4. The molecular weight excluding hydrogens is 386 g/mol. The van der Waals surface area contributed by atoms with Crippen molar-refractivity contribution in [3.63, 3.8) is 0 Å². The van der Waals surface area contributed by atoms with Gasteiger partial charge in [0.25, 0.3) is 0 Å². The van der Waals surface area contributed by atoms with Gasteiger partial charge < -0.3 is 9.15 Å². The largest absolute Gasteiger partial charge is 0.489 e. The number of hydrogen-bond donors (Lipinski definition) is 0. The van der Waals surface area contributed by atoms with Gasteiger partial charge in [-0.05, 0) is 42.0 Å². The Hall–Kier alpha value is -4.18. The van der Waals surface area contributed by atoms with Gasteiger partial charge in [-0.3, -0.25) is 0 Å². The van der Waals surface area contributed by atoms with Crippen LogP contribution in [-0.4, -0.2) is 11.6 Å². The molecule has 0 radical (unpaired) electrons. The van der Waals surface area contributed by atoms with Crippen LogP contribution >= 0.6 is 0 Å². The predicted octanol–water partition coefficient (Wildman–Crippen LogP) is 6.10. The van der Waals surface area contributed by atoms with Crippen molar-refractivity contribution in [2.45, 2.75) is 0 Å². The van der Waals surface area contributed by atoms with Crippen molar-refractivity contribution in [2.24, 2.45) is 0 Å². The molecule has 0 unspecified atom stereocenters. The Morgan fingerprint density at radius 3 is 2.55 bits per heavy atom. The average molecular weight is 405 g/mol. The van der Waals surface area contributed by atoms with E-state index < -0.39 is 5.63 Å². The lowest BCUT2D eigenvalue weighted by atomic mass is 10.1. The highest BCUT2D eigenvalue weighted by Gasteiger charge is 2.10. The van der Waals surface area contributed by atoms with E-state index in [1.165, 1.54) is 0 Å². The van der Waals surface area contributed by atoms with E-state index in [1.807, 2.05) is 97.1 Å². The summed E-state index contributed by atoms with van der Waals surface area (Å²) in [5.74, 6) is 0.643. The lowest BCUT2D eigenvalue weighted by molar-refractivity contribution is 0.363. The van der Waals surface area contributed by atoms with E-state index in [9.17, 15) is 4.79 Å². The molecule has 0 aliphatic rings. The lowest BCUT2D eigenvalue weighted by Crippen LogP contribution is -2.04. The number of benzene rings is 3. The van der Waals surface area contributed by atoms with E-state index in [2.05, 4.69) is 4.98 Å². The number of ether oxygens (including phenoxy) is 1. The summed E-state index contributed by atoms with van der Waals surface area (Å²) in [5.41, 5.74) is 3.06. The first-order valence-electron chi connectivity index (χ1n) is 10.0. The van der Waals surface area contributed by atoms with Crippen LogP contribution in [0.5, 0.6) is 5.75 Å². The zero-order chi connectivity index (χ0) is 21.0. The van der Waals surface area contributed by atoms with Crippen LogP contribution in [0.25, 0.3) is 39.2 Å². The third kappa shape index (κ3) is 4.09. The van der Waals surface area contributed by atoms with Gasteiger partial charge in [0.2, 0.25) is 0 Å². The molecule has 0 bridgehead atoms. The van der Waals surface area contributed by atoms with Crippen LogP contribution in [-0.2, 0) is 0 Å². The van der Waals surface area contributed by atoms with Crippen molar-refractivity contribution in [1.82, 2.24) is 4.98 Å². The van der Waals surface area contributed by atoms with Crippen LogP contribution in [0.2, 0.25) is 0 Å². The summed E-state index contributed by atoms with van der Waals surface area (Å²) in [6.07, 6.45) is 3.95. The van der Waals surface area contributed by atoms with Gasteiger partial charge in [-0.25, -0.2) is 9.78 Å². The van der Waals surface area contributed by atoms with Crippen molar-refractivity contribution in [3.8, 4) is 17.0 Å². The molecule has 4 nitrogen and oxygen atoms in total. The number of aromatic nitrogens is 1. The van der Waals surface area contributed by atoms with Crippen LogP contribution in [0.1, 0.15) is 5.56 Å². The molecule has 0 N–H and O–H groups in total. The van der Waals surface area contributed by atoms with Crippen molar-refractivity contribution in [1.29, 1.82) is 0 Å². The zero-order valence-corrected chi connectivity index (χ0v) is 16.7. The summed E-state index contributed by atoms with van der Waals surface area (Å²) in [7, 11) is 0. The van der Waals surface area contributed by atoms with Crippen molar-refractivity contribution in [2.75, 3.05) is 6.61 Å². The molecule has 0 aliphatic carbocycles. The number of hydrogen-bond acceptors (Lipinski definition) is 4. The molecule has 0 atom stereocenters. The number of rotatable bonds is 5. The maximum Gasteiger partial charge on any atom is 0.345 e. The van der Waals surface area contributed by atoms with Crippen LogP contribution in [0.15, 0.2) is 106 Å². The summed E-state index contributed by atoms with van der Waals surface area (Å²) >= 11 is 0. The summed E-state index contributed by atoms with van der Waals surface area (Å²) in [6.45, 7) is 0.420. The van der Waals surface area contributed by atoms with E-state index in [4.69, 9.17) is 9.15 Å². The zero-order valence-electron chi connectivity index (χ0n) is 16.7. The highest BCUT2D eigenvalue weighted by molar-refractivity contribution is 5.85. The van der Waals surface area contributed by atoms with Crippen LogP contribution < -0.4 is 10.4 Å². The Bertz CT molecular complexity index is 1450. The molecule has 3 aromatic carbocycles. The van der Waals surface area contributed by atoms with Gasteiger partial charge in [0.1, 0.15) is 17.9 Å². The minimum absolute atomic E-state index is 0.420. The number of fused-ring (bicyclic) bond motifs is 2. The van der Waals surface area contributed by atoms with Gasteiger partial charge in [-0.2, -0.15) is 0 Å². The van der Waals surface area contributed by atoms with Crippen LogP contribution in [0, 0.1) is 0 Å². The number of nitrogens with zero attached hydrogens (tertiary/aromatic N) is 1. The fraction of sp³-hybridized carbons (Fsp3) is 0.0370. The van der Waals surface area contributed by atoms with Gasteiger partial charge in [0.15, 0.2) is 0 Å². The second-order valence-electron chi connectivity index (χ2n) is 7.16. The third-order valence-corrected chi connectivity index (χ3v) is 5.04. The first kappa shape index (κ1) is 18.8. The predicted molar refractivity (Wildman–Crippen MR) is 124 cm³/mol. The molecule has 5 rings (SSSR count). The summed E-state index contributed by atoms with van der Waals surface area (Å²) in [5, 5.41) is 1.84. The van der Waals surface area contributed by atoms with Gasteiger partial charge >= 0.3 is 5.63 Å². The molecule has 0 spiro atoms. The van der Waals surface area contributed by atoms with E-state index in [0.29, 0.717) is 29.2 Å². The molecule has 0 fully saturated rings. The molecule has 0 saturated heterocycles. The standard InChI is InChI=1S/C27H19NO3/c29-27-23(25-15-13-20-10-4-5-11-24(20)28-25)17-21-12-14-22(18-26(21)31-27)30-16-6-9-19-7-2-1-3-8-19/h1-15,17-18H,16H2/b9-6+. The molecule has 2 heterocycles. The van der Waals surface area contributed by atoms with E-state index >= 15 is 0 Å². The monoisotopic (exact) mass is 405 g/mol. The lowest BCUT2D eigenvalue weighted by Gasteiger charge is -2.06. The van der Waals surface area contributed by atoms with Crippen molar-refractivity contribution < 1.29 is 9.15 Å². The SMILES string of the molecule is O=c1oc2cc(OC/C=C/c3ccccc3)ccc2cc1-c1ccc2ccccc2n1. The van der Waals surface area contributed by atoms with Gasteiger partial charge in [0, 0.05) is 16.8 Å². The van der Waals surface area contributed by atoms with E-state index in [-0.39, 0.29) is 0 Å². The Morgan fingerprint density at radius 1 is 0.839 bits per heavy atom. The Balaban J connectivity index is 1.39. The van der Waals surface area contributed by atoms with Gasteiger partial charge in [-0.15, -0.1) is 0 Å². The molecule has 150 valence electrons. The molecule has 0 aliphatic heterocycles. The summed E-state index contributed by atoms with van der Waals surface area (Å²) in [4.78, 5) is 17.3.